The van der Waals surface area contributed by atoms with Crippen molar-refractivity contribution in [3.8, 4) is 0 Å². The van der Waals surface area contributed by atoms with Gasteiger partial charge < -0.3 is 19.4 Å². The lowest BCUT2D eigenvalue weighted by Gasteiger charge is -2.30. The van der Waals surface area contributed by atoms with E-state index in [1.54, 1.807) is 13.8 Å². The first kappa shape index (κ1) is 16.9. The third kappa shape index (κ3) is 4.51. The largest absolute Gasteiger partial charge is 0.469 e. The maximum atomic E-state index is 11.6. The summed E-state index contributed by atoms with van der Waals surface area (Å²) in [6.07, 6.45) is -0.368. The zero-order chi connectivity index (χ0) is 16.2. The third-order valence-corrected chi connectivity index (χ3v) is 3.63. The van der Waals surface area contributed by atoms with E-state index in [4.69, 9.17) is 14.2 Å². The van der Waals surface area contributed by atoms with Gasteiger partial charge in [0.15, 0.2) is 5.79 Å². The maximum Gasteiger partial charge on any atom is 0.307 e. The average molecular weight is 309 g/mol. The topological polar surface area (TPSA) is 68.2 Å². The minimum atomic E-state index is -0.716. The lowest BCUT2D eigenvalue weighted by molar-refractivity contribution is -0.194. The Labute approximate surface area is 130 Å². The van der Waals surface area contributed by atoms with Crippen molar-refractivity contribution < 1.29 is 24.2 Å². The van der Waals surface area contributed by atoms with Gasteiger partial charge in [-0.25, -0.2) is 0 Å². The SMILES string of the molecule is COC(=O)CC([C@H]1COC(C)(C)O1)N(O)Cc1ccccc1. The Kier molecular flexibility index (Phi) is 5.52. The van der Waals surface area contributed by atoms with E-state index in [9.17, 15) is 10.0 Å². The molecule has 6 heteroatoms. The van der Waals surface area contributed by atoms with Gasteiger partial charge >= 0.3 is 5.97 Å². The molecular weight excluding hydrogens is 286 g/mol. The van der Waals surface area contributed by atoms with Crippen LogP contribution in [-0.4, -0.2) is 47.9 Å². The van der Waals surface area contributed by atoms with Gasteiger partial charge in [0.1, 0.15) is 6.10 Å². The van der Waals surface area contributed by atoms with Gasteiger partial charge in [0.25, 0.3) is 0 Å². The Morgan fingerprint density at radius 1 is 1.45 bits per heavy atom. The van der Waals surface area contributed by atoms with E-state index in [1.807, 2.05) is 30.3 Å². The van der Waals surface area contributed by atoms with Crippen LogP contribution in [0.25, 0.3) is 0 Å². The second-order valence-electron chi connectivity index (χ2n) is 5.80. The molecule has 0 aliphatic carbocycles. The maximum absolute atomic E-state index is 11.6. The van der Waals surface area contributed by atoms with Gasteiger partial charge in [-0.3, -0.25) is 4.79 Å². The van der Waals surface area contributed by atoms with Gasteiger partial charge in [0.05, 0.1) is 26.2 Å². The second-order valence-corrected chi connectivity index (χ2v) is 5.80. The van der Waals surface area contributed by atoms with E-state index in [0.29, 0.717) is 13.2 Å². The summed E-state index contributed by atoms with van der Waals surface area (Å²) in [5.41, 5.74) is 0.943. The fourth-order valence-corrected chi connectivity index (χ4v) is 2.48. The van der Waals surface area contributed by atoms with Crippen LogP contribution < -0.4 is 0 Å². The summed E-state index contributed by atoms with van der Waals surface area (Å²) in [7, 11) is 1.33. The summed E-state index contributed by atoms with van der Waals surface area (Å²) in [6.45, 7) is 4.23. The van der Waals surface area contributed by atoms with E-state index >= 15 is 0 Å². The monoisotopic (exact) mass is 309 g/mol. The molecule has 1 N–H and O–H groups in total. The van der Waals surface area contributed by atoms with Crippen LogP contribution in [0, 0.1) is 0 Å². The molecule has 1 aliphatic rings. The molecule has 0 saturated carbocycles. The minimum absolute atomic E-state index is 0.0317. The molecule has 22 heavy (non-hydrogen) atoms. The Bertz CT molecular complexity index is 491. The van der Waals surface area contributed by atoms with Crippen LogP contribution in [0.5, 0.6) is 0 Å². The van der Waals surface area contributed by atoms with Crippen molar-refractivity contribution in [1.82, 2.24) is 5.06 Å². The van der Waals surface area contributed by atoms with Crippen molar-refractivity contribution in [2.45, 2.75) is 44.7 Å². The zero-order valence-corrected chi connectivity index (χ0v) is 13.2. The second kappa shape index (κ2) is 7.19. The van der Waals surface area contributed by atoms with E-state index < -0.39 is 23.9 Å². The first-order valence-electron chi connectivity index (χ1n) is 7.29. The third-order valence-electron chi connectivity index (χ3n) is 3.63. The molecule has 1 fully saturated rings. The van der Waals surface area contributed by atoms with Crippen molar-refractivity contribution in [3.05, 3.63) is 35.9 Å². The van der Waals surface area contributed by atoms with Crippen LogP contribution in [0.15, 0.2) is 30.3 Å². The molecule has 0 spiro atoms. The lowest BCUT2D eigenvalue weighted by Crippen LogP contribution is -2.44. The fraction of sp³-hybridized carbons (Fsp3) is 0.562. The molecule has 1 aromatic carbocycles. The molecule has 6 nitrogen and oxygen atoms in total. The van der Waals surface area contributed by atoms with Crippen molar-refractivity contribution in [2.24, 2.45) is 0 Å². The summed E-state index contributed by atoms with van der Waals surface area (Å²) in [5, 5.41) is 11.6. The van der Waals surface area contributed by atoms with E-state index in [0.717, 1.165) is 10.6 Å². The Hall–Kier alpha value is -1.47. The number of ether oxygens (including phenoxy) is 3. The predicted molar refractivity (Wildman–Crippen MR) is 79.1 cm³/mol. The summed E-state index contributed by atoms with van der Waals surface area (Å²) >= 11 is 0. The normalized spacial score (nSPS) is 21.8. The lowest BCUT2D eigenvalue weighted by atomic mass is 10.1. The molecule has 2 atom stereocenters. The number of esters is 1. The molecule has 1 heterocycles. The Morgan fingerprint density at radius 2 is 2.14 bits per heavy atom. The van der Waals surface area contributed by atoms with E-state index in [1.165, 1.54) is 7.11 Å². The summed E-state index contributed by atoms with van der Waals surface area (Å²) in [6, 6.07) is 9.00. The molecule has 0 radical (unpaired) electrons. The molecule has 122 valence electrons. The molecule has 2 rings (SSSR count). The Balaban J connectivity index is 2.08. The molecule has 1 saturated heterocycles. The molecule has 1 aromatic rings. The first-order chi connectivity index (χ1) is 10.4. The molecule has 1 aliphatic heterocycles. The number of nitrogens with zero attached hydrogens (tertiary/aromatic N) is 1. The molecule has 0 bridgehead atoms. The van der Waals surface area contributed by atoms with Gasteiger partial charge in [-0.15, -0.1) is 0 Å². The minimum Gasteiger partial charge on any atom is -0.469 e. The summed E-state index contributed by atoms with van der Waals surface area (Å²) in [5.74, 6) is -1.11. The first-order valence-corrected chi connectivity index (χ1v) is 7.29. The molecule has 0 amide bonds. The number of methoxy groups -OCH3 is 1. The van der Waals surface area contributed by atoms with Crippen molar-refractivity contribution in [1.29, 1.82) is 0 Å². The van der Waals surface area contributed by atoms with Gasteiger partial charge in [0, 0.05) is 6.54 Å². The van der Waals surface area contributed by atoms with Crippen LogP contribution in [0.3, 0.4) is 0 Å². The predicted octanol–water partition coefficient (Wildman–Crippen LogP) is 1.96. The fourth-order valence-electron chi connectivity index (χ4n) is 2.48. The highest BCUT2D eigenvalue weighted by atomic mass is 16.7. The number of carbonyl (C=O) groups is 1. The number of carbonyl (C=O) groups excluding carboxylic acids is 1. The van der Waals surface area contributed by atoms with Crippen molar-refractivity contribution in [2.75, 3.05) is 13.7 Å². The summed E-state index contributed by atoms with van der Waals surface area (Å²) in [4.78, 5) is 11.6. The van der Waals surface area contributed by atoms with Crippen LogP contribution in [-0.2, 0) is 25.5 Å². The highest BCUT2D eigenvalue weighted by Gasteiger charge is 2.40. The van der Waals surface area contributed by atoms with Crippen LogP contribution >= 0.6 is 0 Å². The smallest absolute Gasteiger partial charge is 0.307 e. The Morgan fingerprint density at radius 3 is 2.68 bits per heavy atom. The number of hydroxylamine groups is 2. The highest BCUT2D eigenvalue weighted by Crippen LogP contribution is 2.27. The number of hydrogen-bond donors (Lipinski definition) is 1. The summed E-state index contributed by atoms with van der Waals surface area (Å²) < 4.78 is 16.0. The quantitative estimate of drug-likeness (QED) is 0.640. The molecular formula is C16H23NO5. The van der Waals surface area contributed by atoms with Crippen LogP contribution in [0.2, 0.25) is 0 Å². The van der Waals surface area contributed by atoms with Crippen LogP contribution in [0.4, 0.5) is 0 Å². The van der Waals surface area contributed by atoms with Gasteiger partial charge in [-0.2, -0.15) is 5.06 Å². The number of benzene rings is 1. The van der Waals surface area contributed by atoms with E-state index in [-0.39, 0.29) is 6.42 Å². The average Bonchev–Trinajstić information content (AvgIpc) is 2.85. The van der Waals surface area contributed by atoms with Crippen molar-refractivity contribution in [3.63, 3.8) is 0 Å². The van der Waals surface area contributed by atoms with Gasteiger partial charge in [-0.1, -0.05) is 30.3 Å². The number of hydrogen-bond acceptors (Lipinski definition) is 6. The van der Waals surface area contributed by atoms with Crippen molar-refractivity contribution >= 4 is 5.97 Å². The zero-order valence-electron chi connectivity index (χ0n) is 13.2. The highest BCUT2D eigenvalue weighted by molar-refractivity contribution is 5.70. The van der Waals surface area contributed by atoms with Gasteiger partial charge in [-0.05, 0) is 19.4 Å². The van der Waals surface area contributed by atoms with Crippen LogP contribution in [0.1, 0.15) is 25.8 Å². The number of rotatable bonds is 6. The van der Waals surface area contributed by atoms with Gasteiger partial charge in [0.2, 0.25) is 0 Å². The molecule has 0 aromatic heterocycles. The molecule has 1 unspecified atom stereocenters. The van der Waals surface area contributed by atoms with E-state index in [2.05, 4.69) is 0 Å². The standard InChI is InChI=1S/C16H23NO5/c1-16(2)21-11-14(22-16)13(9-15(18)20-3)17(19)10-12-7-5-4-6-8-12/h4-8,13-14,19H,9-11H2,1-3H3/t13?,14-/m1/s1.